The third-order valence-corrected chi connectivity index (χ3v) is 4.11. The van der Waals surface area contributed by atoms with Crippen molar-refractivity contribution in [2.45, 2.75) is 18.1 Å². The van der Waals surface area contributed by atoms with Crippen molar-refractivity contribution < 1.29 is 27.5 Å². The molecule has 1 amide bonds. The monoisotopic (exact) mass is 411 g/mol. The second kappa shape index (κ2) is 7.32. The van der Waals surface area contributed by atoms with Crippen molar-refractivity contribution >= 4 is 35.1 Å². The van der Waals surface area contributed by atoms with Gasteiger partial charge in [-0.05, 0) is 19.1 Å². The highest BCUT2D eigenvalue weighted by Gasteiger charge is 2.45. The molecule has 0 fully saturated rings. The van der Waals surface area contributed by atoms with Gasteiger partial charge >= 0.3 is 12.1 Å². The van der Waals surface area contributed by atoms with Crippen LogP contribution in [0.3, 0.4) is 0 Å². The van der Waals surface area contributed by atoms with E-state index in [2.05, 4.69) is 10.4 Å². The van der Waals surface area contributed by atoms with Gasteiger partial charge in [0.15, 0.2) is 10.7 Å². The van der Waals surface area contributed by atoms with Crippen molar-refractivity contribution in [1.29, 1.82) is 0 Å². The van der Waals surface area contributed by atoms with Gasteiger partial charge in [0.05, 0.1) is 12.2 Å². The summed E-state index contributed by atoms with van der Waals surface area (Å²) in [5.41, 5.74) is -2.10. The van der Waals surface area contributed by atoms with E-state index in [0.717, 1.165) is 17.0 Å². The SMILES string of the molecule is CCOC(=O)C1C=CC(Cl)=CC1(Cl)NC(=O)c1cn(C)nc1C(F)(F)F. The normalized spacial score (nSPS) is 22.7. The molecule has 1 aromatic heterocycles. The third kappa shape index (κ3) is 4.21. The van der Waals surface area contributed by atoms with Crippen LogP contribution in [0.25, 0.3) is 0 Å². The van der Waals surface area contributed by atoms with Gasteiger partial charge < -0.3 is 10.1 Å². The Morgan fingerprint density at radius 3 is 2.69 bits per heavy atom. The van der Waals surface area contributed by atoms with Gasteiger partial charge in [0.25, 0.3) is 5.91 Å². The fourth-order valence-electron chi connectivity index (χ4n) is 2.37. The van der Waals surface area contributed by atoms with Gasteiger partial charge in [-0.3, -0.25) is 14.3 Å². The minimum Gasteiger partial charge on any atom is -0.465 e. The fourth-order valence-corrected chi connectivity index (χ4v) is 3.03. The number of nitrogens with one attached hydrogen (secondary N) is 1. The number of aromatic nitrogens is 2. The number of carbonyl (C=O) groups is 2. The number of hydrogen-bond acceptors (Lipinski definition) is 4. The van der Waals surface area contributed by atoms with Crippen LogP contribution >= 0.6 is 23.2 Å². The molecule has 0 saturated carbocycles. The first-order valence-corrected chi connectivity index (χ1v) is 8.09. The fraction of sp³-hybridized carbons (Fsp3) is 0.400. The minimum absolute atomic E-state index is 0.0579. The molecule has 2 unspecified atom stereocenters. The second-order valence-corrected chi connectivity index (χ2v) is 6.46. The first-order valence-electron chi connectivity index (χ1n) is 7.33. The maximum absolute atomic E-state index is 13.1. The molecule has 1 aliphatic rings. The number of aryl methyl sites for hydroxylation is 1. The van der Waals surface area contributed by atoms with Crippen LogP contribution in [-0.4, -0.2) is 33.3 Å². The van der Waals surface area contributed by atoms with E-state index in [-0.39, 0.29) is 11.6 Å². The van der Waals surface area contributed by atoms with Crippen LogP contribution in [-0.2, 0) is 22.8 Å². The lowest BCUT2D eigenvalue weighted by Crippen LogP contribution is -2.51. The summed E-state index contributed by atoms with van der Waals surface area (Å²) in [6, 6.07) is 0. The lowest BCUT2D eigenvalue weighted by atomic mass is 9.93. The molecule has 1 aliphatic carbocycles. The molecule has 2 atom stereocenters. The van der Waals surface area contributed by atoms with E-state index in [0.29, 0.717) is 0 Å². The van der Waals surface area contributed by atoms with E-state index in [1.807, 2.05) is 0 Å². The summed E-state index contributed by atoms with van der Waals surface area (Å²) < 4.78 is 44.9. The maximum Gasteiger partial charge on any atom is 0.435 e. The Bertz CT molecular complexity index is 789. The van der Waals surface area contributed by atoms with E-state index in [1.165, 1.54) is 19.2 Å². The van der Waals surface area contributed by atoms with Crippen LogP contribution in [0.15, 0.2) is 29.5 Å². The molecule has 6 nitrogen and oxygen atoms in total. The summed E-state index contributed by atoms with van der Waals surface area (Å²) in [6.07, 6.45) is -0.0996. The van der Waals surface area contributed by atoms with Crippen LogP contribution in [0.4, 0.5) is 13.2 Å². The minimum atomic E-state index is -4.84. The number of hydrogen-bond donors (Lipinski definition) is 1. The van der Waals surface area contributed by atoms with Crippen LogP contribution < -0.4 is 5.32 Å². The highest BCUT2D eigenvalue weighted by molar-refractivity contribution is 6.34. The van der Waals surface area contributed by atoms with E-state index in [1.54, 1.807) is 6.92 Å². The topological polar surface area (TPSA) is 73.2 Å². The van der Waals surface area contributed by atoms with Crippen molar-refractivity contribution in [1.82, 2.24) is 15.1 Å². The standard InChI is InChI=1S/C15H14Cl2F3N3O3/c1-3-26-13(25)10-5-4-8(16)6-14(10,17)21-12(24)9-7-23(2)22-11(9)15(18,19)20/h4-7,10H,3H2,1-2H3,(H,21,24). The highest BCUT2D eigenvalue weighted by Crippen LogP contribution is 2.35. The van der Waals surface area contributed by atoms with E-state index in [9.17, 15) is 22.8 Å². The number of alkyl halides is 4. The Labute approximate surface area is 156 Å². The molecular weight excluding hydrogens is 398 g/mol. The summed E-state index contributed by atoms with van der Waals surface area (Å²) in [5.74, 6) is -3.10. The van der Waals surface area contributed by atoms with E-state index in [4.69, 9.17) is 27.9 Å². The molecule has 0 bridgehead atoms. The Kier molecular flexibility index (Phi) is 5.72. The number of nitrogens with zero attached hydrogens (tertiary/aromatic N) is 2. The summed E-state index contributed by atoms with van der Waals surface area (Å²) in [6.45, 7) is 1.63. The summed E-state index contributed by atoms with van der Waals surface area (Å²) in [7, 11) is 1.24. The zero-order chi connectivity index (χ0) is 19.7. The number of ether oxygens (including phenoxy) is 1. The Morgan fingerprint density at radius 2 is 2.12 bits per heavy atom. The van der Waals surface area contributed by atoms with Crippen LogP contribution in [0.5, 0.6) is 0 Å². The van der Waals surface area contributed by atoms with E-state index >= 15 is 0 Å². The molecule has 142 valence electrons. The van der Waals surface area contributed by atoms with Gasteiger partial charge in [0, 0.05) is 18.3 Å². The quantitative estimate of drug-likeness (QED) is 0.469. The number of halogens is 5. The predicted octanol–water partition coefficient (Wildman–Crippen LogP) is 2.98. The van der Waals surface area contributed by atoms with Gasteiger partial charge in [-0.1, -0.05) is 29.3 Å². The van der Waals surface area contributed by atoms with E-state index < -0.39 is 40.2 Å². The van der Waals surface area contributed by atoms with Gasteiger partial charge in [-0.2, -0.15) is 18.3 Å². The molecule has 0 aromatic carbocycles. The van der Waals surface area contributed by atoms with Gasteiger partial charge in [-0.25, -0.2) is 0 Å². The smallest absolute Gasteiger partial charge is 0.435 e. The van der Waals surface area contributed by atoms with Crippen molar-refractivity contribution in [3.8, 4) is 0 Å². The molecule has 26 heavy (non-hydrogen) atoms. The number of carbonyl (C=O) groups excluding carboxylic acids is 2. The number of allylic oxidation sites excluding steroid dienone is 2. The maximum atomic E-state index is 13.1. The zero-order valence-electron chi connectivity index (χ0n) is 13.6. The summed E-state index contributed by atoms with van der Waals surface area (Å²) in [5, 5.41) is 5.58. The average molecular weight is 412 g/mol. The molecule has 1 heterocycles. The van der Waals surface area contributed by atoms with Crippen LogP contribution in [0, 0.1) is 5.92 Å². The molecule has 0 spiro atoms. The Balaban J connectivity index is 2.37. The third-order valence-electron chi connectivity index (χ3n) is 3.44. The first kappa shape index (κ1) is 20.3. The molecule has 0 radical (unpaired) electrons. The van der Waals surface area contributed by atoms with Gasteiger partial charge in [0.2, 0.25) is 0 Å². The van der Waals surface area contributed by atoms with Crippen molar-refractivity contribution in [3.63, 3.8) is 0 Å². The second-order valence-electron chi connectivity index (χ2n) is 5.40. The molecule has 11 heteroatoms. The van der Waals surface area contributed by atoms with Gasteiger partial charge in [0.1, 0.15) is 5.92 Å². The Morgan fingerprint density at radius 1 is 1.46 bits per heavy atom. The summed E-state index contributed by atoms with van der Waals surface area (Å²) in [4.78, 5) is 22.6. The van der Waals surface area contributed by atoms with Crippen molar-refractivity contribution in [3.05, 3.63) is 40.7 Å². The largest absolute Gasteiger partial charge is 0.465 e. The highest BCUT2D eigenvalue weighted by atomic mass is 35.5. The molecule has 0 aliphatic heterocycles. The summed E-state index contributed by atoms with van der Waals surface area (Å²) >= 11 is 12.2. The van der Waals surface area contributed by atoms with Crippen LogP contribution in [0.2, 0.25) is 0 Å². The molecule has 1 N–H and O–H groups in total. The lowest BCUT2D eigenvalue weighted by Gasteiger charge is -2.32. The number of esters is 1. The van der Waals surface area contributed by atoms with Gasteiger partial charge in [-0.15, -0.1) is 0 Å². The number of amides is 1. The number of rotatable bonds is 4. The molecule has 1 aromatic rings. The predicted molar refractivity (Wildman–Crippen MR) is 87.5 cm³/mol. The first-order chi connectivity index (χ1) is 12.0. The average Bonchev–Trinajstić information content (AvgIpc) is 2.89. The molecule has 0 saturated heterocycles. The lowest BCUT2D eigenvalue weighted by molar-refractivity contribution is -0.147. The Hall–Kier alpha value is -2.00. The molecular formula is C15H14Cl2F3N3O3. The van der Waals surface area contributed by atoms with Crippen molar-refractivity contribution in [2.24, 2.45) is 13.0 Å². The molecule has 2 rings (SSSR count). The van der Waals surface area contributed by atoms with Crippen molar-refractivity contribution in [2.75, 3.05) is 6.61 Å². The zero-order valence-corrected chi connectivity index (χ0v) is 15.1. The van der Waals surface area contributed by atoms with Crippen LogP contribution in [0.1, 0.15) is 23.0 Å².